The van der Waals surface area contributed by atoms with Crippen molar-refractivity contribution in [1.82, 2.24) is 9.97 Å². The molecule has 0 aliphatic heterocycles. The number of aliphatic hydroxyl groups is 1. The maximum Gasteiger partial charge on any atom is 0.136 e. The third-order valence-corrected chi connectivity index (χ3v) is 4.34. The van der Waals surface area contributed by atoms with Gasteiger partial charge < -0.3 is 10.0 Å². The molecule has 1 saturated carbocycles. The highest BCUT2D eigenvalue weighted by molar-refractivity contribution is 5.52. The number of fused-ring (bicyclic) bond motifs is 1. The second kappa shape index (κ2) is 6.08. The van der Waals surface area contributed by atoms with Crippen molar-refractivity contribution >= 4 is 5.82 Å². The number of aryl methyl sites for hydroxylation is 2. The van der Waals surface area contributed by atoms with E-state index in [1.165, 1.54) is 42.8 Å². The van der Waals surface area contributed by atoms with E-state index in [4.69, 9.17) is 10.1 Å². The molecule has 2 aliphatic rings. The largest absolute Gasteiger partial charge is 0.396 e. The smallest absolute Gasteiger partial charge is 0.136 e. The fourth-order valence-electron chi connectivity index (χ4n) is 3.17. The van der Waals surface area contributed by atoms with Gasteiger partial charge in [0.2, 0.25) is 0 Å². The molecule has 0 spiro atoms. The predicted molar refractivity (Wildman–Crippen MR) is 80.1 cm³/mol. The fraction of sp³-hybridized carbons (Fsp3) is 0.750. The van der Waals surface area contributed by atoms with Crippen LogP contribution in [-0.4, -0.2) is 34.3 Å². The number of hydrogen-bond donors (Lipinski definition) is 1. The van der Waals surface area contributed by atoms with Gasteiger partial charge in [0.15, 0.2) is 0 Å². The van der Waals surface area contributed by atoms with Crippen molar-refractivity contribution in [1.29, 1.82) is 0 Å². The highest BCUT2D eigenvalue weighted by Gasteiger charge is 2.32. The summed E-state index contributed by atoms with van der Waals surface area (Å²) in [6.45, 7) is 3.32. The Labute approximate surface area is 121 Å². The molecule has 0 atom stereocenters. The molecule has 0 radical (unpaired) electrons. The molecule has 1 N–H and O–H groups in total. The lowest BCUT2D eigenvalue weighted by Gasteiger charge is -2.28. The molecular weight excluding hydrogens is 250 g/mol. The Morgan fingerprint density at radius 2 is 1.95 bits per heavy atom. The van der Waals surface area contributed by atoms with Crippen molar-refractivity contribution in [2.75, 3.05) is 18.1 Å². The lowest BCUT2D eigenvalue weighted by molar-refractivity contribution is 0.285. The monoisotopic (exact) mass is 275 g/mol. The number of hydrogen-bond acceptors (Lipinski definition) is 4. The second-order valence-electron chi connectivity index (χ2n) is 6.08. The van der Waals surface area contributed by atoms with Gasteiger partial charge in [-0.2, -0.15) is 0 Å². The molecule has 4 nitrogen and oxygen atoms in total. The topological polar surface area (TPSA) is 49.2 Å². The molecule has 0 unspecified atom stereocenters. The van der Waals surface area contributed by atoms with Gasteiger partial charge in [0.05, 0.1) is 0 Å². The van der Waals surface area contributed by atoms with Crippen LogP contribution < -0.4 is 4.90 Å². The normalized spacial score (nSPS) is 17.9. The minimum Gasteiger partial charge on any atom is -0.396 e. The molecule has 0 saturated heterocycles. The minimum atomic E-state index is 0.291. The van der Waals surface area contributed by atoms with E-state index in [1.807, 2.05) is 6.92 Å². The summed E-state index contributed by atoms with van der Waals surface area (Å²) in [4.78, 5) is 11.9. The molecule has 1 heterocycles. The first-order valence-corrected chi connectivity index (χ1v) is 8.03. The number of aliphatic hydroxyl groups excluding tert-OH is 1. The molecule has 20 heavy (non-hydrogen) atoms. The van der Waals surface area contributed by atoms with Gasteiger partial charge in [0.1, 0.15) is 11.6 Å². The van der Waals surface area contributed by atoms with Crippen molar-refractivity contribution in [2.24, 2.45) is 0 Å². The summed E-state index contributed by atoms with van der Waals surface area (Å²) in [6, 6.07) is 0.675. The summed E-state index contributed by atoms with van der Waals surface area (Å²) >= 11 is 0. The first-order chi connectivity index (χ1) is 9.79. The molecule has 0 aromatic carbocycles. The molecule has 1 aromatic rings. The van der Waals surface area contributed by atoms with E-state index in [-0.39, 0.29) is 0 Å². The maximum absolute atomic E-state index is 9.00. The Kier molecular flexibility index (Phi) is 4.20. The van der Waals surface area contributed by atoms with Crippen molar-refractivity contribution in [3.8, 4) is 0 Å². The summed E-state index contributed by atoms with van der Waals surface area (Å²) in [6.07, 6.45) is 9.28. The van der Waals surface area contributed by atoms with Crippen LogP contribution in [0.1, 0.15) is 55.6 Å². The van der Waals surface area contributed by atoms with E-state index in [0.29, 0.717) is 12.6 Å². The zero-order chi connectivity index (χ0) is 13.9. The summed E-state index contributed by atoms with van der Waals surface area (Å²) in [5.41, 5.74) is 2.68. The number of anilines is 1. The quantitative estimate of drug-likeness (QED) is 0.810. The van der Waals surface area contributed by atoms with Crippen LogP contribution in [0.5, 0.6) is 0 Å². The Hall–Kier alpha value is -1.16. The summed E-state index contributed by atoms with van der Waals surface area (Å²) in [5, 5.41) is 9.00. The number of nitrogens with zero attached hydrogens (tertiary/aromatic N) is 3. The van der Waals surface area contributed by atoms with E-state index in [0.717, 1.165) is 38.1 Å². The summed E-state index contributed by atoms with van der Waals surface area (Å²) < 4.78 is 0. The Morgan fingerprint density at radius 3 is 2.70 bits per heavy atom. The van der Waals surface area contributed by atoms with Gasteiger partial charge in [0.25, 0.3) is 0 Å². The third kappa shape index (κ3) is 2.95. The van der Waals surface area contributed by atoms with Gasteiger partial charge in [-0.3, -0.25) is 0 Å². The highest BCUT2D eigenvalue weighted by Crippen LogP contribution is 2.35. The van der Waals surface area contributed by atoms with Gasteiger partial charge in [-0.1, -0.05) is 0 Å². The molecule has 1 aromatic heterocycles. The van der Waals surface area contributed by atoms with Crippen molar-refractivity contribution < 1.29 is 5.11 Å². The second-order valence-corrected chi connectivity index (χ2v) is 6.08. The summed E-state index contributed by atoms with van der Waals surface area (Å²) in [7, 11) is 0. The molecule has 110 valence electrons. The average molecular weight is 275 g/mol. The molecule has 4 heteroatoms. The van der Waals surface area contributed by atoms with Crippen molar-refractivity contribution in [3.63, 3.8) is 0 Å². The molecule has 0 amide bonds. The van der Waals surface area contributed by atoms with E-state index >= 15 is 0 Å². The fourth-order valence-corrected chi connectivity index (χ4v) is 3.17. The van der Waals surface area contributed by atoms with Gasteiger partial charge >= 0.3 is 0 Å². The molecule has 3 rings (SSSR count). The van der Waals surface area contributed by atoms with Crippen LogP contribution in [0, 0.1) is 6.92 Å². The van der Waals surface area contributed by atoms with Crippen LogP contribution in [0.4, 0.5) is 5.82 Å². The average Bonchev–Trinajstić information content (AvgIpc) is 3.27. The predicted octanol–water partition coefficient (Wildman–Crippen LogP) is 2.41. The van der Waals surface area contributed by atoms with Gasteiger partial charge in [-0.15, -0.1) is 0 Å². The van der Waals surface area contributed by atoms with E-state index in [1.54, 1.807) is 0 Å². The molecule has 1 fully saturated rings. The molecule has 2 aliphatic carbocycles. The van der Waals surface area contributed by atoms with Crippen LogP contribution >= 0.6 is 0 Å². The molecule has 0 bridgehead atoms. The van der Waals surface area contributed by atoms with Crippen molar-refractivity contribution in [2.45, 2.75) is 64.3 Å². The van der Waals surface area contributed by atoms with Gasteiger partial charge in [0, 0.05) is 30.5 Å². The highest BCUT2D eigenvalue weighted by atomic mass is 16.2. The van der Waals surface area contributed by atoms with Gasteiger partial charge in [-0.05, 0) is 58.3 Å². The first kappa shape index (κ1) is 13.8. The Bertz CT molecular complexity index is 471. The number of rotatable bonds is 6. The Morgan fingerprint density at radius 1 is 1.15 bits per heavy atom. The van der Waals surface area contributed by atoms with E-state index in [9.17, 15) is 0 Å². The lowest BCUT2D eigenvalue weighted by atomic mass is 9.96. The zero-order valence-corrected chi connectivity index (χ0v) is 12.4. The van der Waals surface area contributed by atoms with E-state index in [2.05, 4.69) is 9.88 Å². The van der Waals surface area contributed by atoms with Crippen LogP contribution in [0.15, 0.2) is 0 Å². The maximum atomic E-state index is 9.00. The standard InChI is InChI=1S/C16H25N3O/c1-12-17-15-7-3-2-6-14(15)16(18-12)19(13-8-9-13)10-4-5-11-20/h13,20H,2-11H2,1H3. The zero-order valence-electron chi connectivity index (χ0n) is 12.4. The van der Waals surface area contributed by atoms with Crippen LogP contribution in [0.25, 0.3) is 0 Å². The van der Waals surface area contributed by atoms with Crippen LogP contribution in [-0.2, 0) is 12.8 Å². The van der Waals surface area contributed by atoms with Crippen molar-refractivity contribution in [3.05, 3.63) is 17.1 Å². The van der Waals surface area contributed by atoms with Gasteiger partial charge in [-0.25, -0.2) is 9.97 Å². The van der Waals surface area contributed by atoms with Crippen LogP contribution in [0.3, 0.4) is 0 Å². The van der Waals surface area contributed by atoms with Crippen LogP contribution in [0.2, 0.25) is 0 Å². The Balaban J connectivity index is 1.87. The minimum absolute atomic E-state index is 0.291. The summed E-state index contributed by atoms with van der Waals surface area (Å²) in [5.74, 6) is 2.11. The SMILES string of the molecule is Cc1nc2c(c(N(CCCCO)C3CC3)n1)CCCC2. The molecular formula is C16H25N3O. The third-order valence-electron chi connectivity index (χ3n) is 4.34. The number of aromatic nitrogens is 2. The van der Waals surface area contributed by atoms with E-state index < -0.39 is 0 Å². The first-order valence-electron chi connectivity index (χ1n) is 8.03. The number of unbranched alkanes of at least 4 members (excludes halogenated alkanes) is 1. The lowest BCUT2D eigenvalue weighted by Crippen LogP contribution is -2.30.